The monoisotopic (exact) mass is 603 g/mol. The second-order valence-electron chi connectivity index (χ2n) is 10.7. The predicted molar refractivity (Wildman–Crippen MR) is 154 cm³/mol. The van der Waals surface area contributed by atoms with Gasteiger partial charge >= 0.3 is 5.97 Å². The highest BCUT2D eigenvalue weighted by Crippen LogP contribution is 2.49. The number of aromatic carboxylic acids is 1. The Morgan fingerprint density at radius 1 is 1.12 bits per heavy atom. The van der Waals surface area contributed by atoms with E-state index in [1.54, 1.807) is 47.9 Å². The summed E-state index contributed by atoms with van der Waals surface area (Å²) in [6.07, 6.45) is 2.09. The number of ether oxygens (including phenoxy) is 3. The highest BCUT2D eigenvalue weighted by molar-refractivity contribution is 6.30. The van der Waals surface area contributed by atoms with Crippen molar-refractivity contribution in [1.29, 1.82) is 0 Å². The fraction of sp³-hybridized carbons (Fsp3) is 0.219. The summed E-state index contributed by atoms with van der Waals surface area (Å²) in [5, 5.41) is 9.95. The van der Waals surface area contributed by atoms with Crippen molar-refractivity contribution in [2.75, 3.05) is 6.61 Å². The van der Waals surface area contributed by atoms with Crippen LogP contribution in [0.15, 0.2) is 66.9 Å². The van der Waals surface area contributed by atoms with Crippen LogP contribution in [0.3, 0.4) is 0 Å². The van der Waals surface area contributed by atoms with E-state index >= 15 is 8.78 Å². The second kappa shape index (κ2) is 10.3. The van der Waals surface area contributed by atoms with Crippen molar-refractivity contribution in [3.8, 4) is 22.6 Å². The molecule has 5 aromatic rings. The SMILES string of the molecule is C[C@@]1(c2ccc(Cl)cn2)Oc2cccc(-c3cc(F)c(Cc4nc5ccc(C(=O)O)cc5n4C[C@@H]4CCO4)c(F)c3)c2O1. The van der Waals surface area contributed by atoms with Crippen molar-refractivity contribution in [3.05, 3.63) is 106 Å². The van der Waals surface area contributed by atoms with E-state index in [9.17, 15) is 9.90 Å². The lowest BCUT2D eigenvalue weighted by Crippen LogP contribution is -2.32. The third-order valence-corrected chi connectivity index (χ3v) is 8.04. The zero-order chi connectivity index (χ0) is 29.9. The molecule has 0 bridgehead atoms. The van der Waals surface area contributed by atoms with Crippen LogP contribution in [-0.2, 0) is 23.5 Å². The number of carbonyl (C=O) groups is 1. The number of hydrogen-bond acceptors (Lipinski definition) is 6. The second-order valence-corrected chi connectivity index (χ2v) is 11.1. The number of benzene rings is 3. The molecule has 0 aliphatic carbocycles. The van der Waals surface area contributed by atoms with Gasteiger partial charge in [0.1, 0.15) is 23.2 Å². The molecule has 7 rings (SSSR count). The van der Waals surface area contributed by atoms with Gasteiger partial charge in [0, 0.05) is 37.3 Å². The first-order valence-corrected chi connectivity index (χ1v) is 14.0. The normalized spacial score (nSPS) is 19.0. The van der Waals surface area contributed by atoms with Gasteiger partial charge in [0.25, 0.3) is 5.79 Å². The number of rotatable bonds is 7. The van der Waals surface area contributed by atoms with Crippen LogP contribution in [0, 0.1) is 11.6 Å². The average molecular weight is 604 g/mol. The molecule has 11 heteroatoms. The van der Waals surface area contributed by atoms with Crippen LogP contribution in [0.5, 0.6) is 11.5 Å². The van der Waals surface area contributed by atoms with Crippen LogP contribution >= 0.6 is 11.6 Å². The van der Waals surface area contributed by atoms with E-state index in [4.69, 9.17) is 25.8 Å². The molecule has 218 valence electrons. The van der Waals surface area contributed by atoms with E-state index in [-0.39, 0.29) is 29.2 Å². The maximum Gasteiger partial charge on any atom is 0.335 e. The standard InChI is InChI=1S/C32H24ClF2N3O5/c1-32(28-8-6-19(33)15-36-28)42-27-4-2-3-21(30(27)43-32)18-11-23(34)22(24(35)12-18)14-29-37-25-7-5-17(31(39)40)13-26(25)38(29)16-20-9-10-41-20/h2-8,11-13,15,20H,9-10,14,16H2,1H3,(H,39,40)/t20-,32+/m0/s1. The Hall–Kier alpha value is -4.54. The molecule has 0 radical (unpaired) electrons. The van der Waals surface area contributed by atoms with Gasteiger partial charge in [-0.3, -0.25) is 4.98 Å². The number of nitrogens with zero attached hydrogens (tertiary/aromatic N) is 3. The number of para-hydroxylation sites is 1. The number of fused-ring (bicyclic) bond motifs is 2. The van der Waals surface area contributed by atoms with E-state index in [0.717, 1.165) is 6.42 Å². The molecule has 3 aromatic carbocycles. The summed E-state index contributed by atoms with van der Waals surface area (Å²) >= 11 is 5.98. The van der Waals surface area contributed by atoms with E-state index in [0.29, 0.717) is 57.8 Å². The van der Waals surface area contributed by atoms with Gasteiger partial charge in [-0.1, -0.05) is 23.7 Å². The fourth-order valence-corrected chi connectivity index (χ4v) is 5.58. The number of pyridine rings is 1. The van der Waals surface area contributed by atoms with Crippen LogP contribution in [0.25, 0.3) is 22.2 Å². The molecular weight excluding hydrogens is 580 g/mol. The minimum Gasteiger partial charge on any atom is -0.478 e. The van der Waals surface area contributed by atoms with Crippen LogP contribution in [0.1, 0.15) is 40.8 Å². The van der Waals surface area contributed by atoms with Crippen molar-refractivity contribution in [3.63, 3.8) is 0 Å². The molecule has 2 aromatic heterocycles. The largest absolute Gasteiger partial charge is 0.478 e. The molecule has 1 fully saturated rings. The number of hydrogen-bond donors (Lipinski definition) is 1. The summed E-state index contributed by atoms with van der Waals surface area (Å²) in [6.45, 7) is 2.73. The predicted octanol–water partition coefficient (Wildman–Crippen LogP) is 6.75. The van der Waals surface area contributed by atoms with Crippen LogP contribution in [0.4, 0.5) is 8.78 Å². The average Bonchev–Trinajstić information content (AvgIpc) is 3.49. The topological polar surface area (TPSA) is 95.7 Å². The van der Waals surface area contributed by atoms with Crippen LogP contribution in [-0.4, -0.2) is 38.3 Å². The van der Waals surface area contributed by atoms with Gasteiger partial charge in [0.05, 0.1) is 34.3 Å². The molecule has 2 aliphatic heterocycles. The Kier molecular flexibility index (Phi) is 6.55. The fourth-order valence-electron chi connectivity index (χ4n) is 5.47. The molecule has 0 unspecified atom stereocenters. The van der Waals surface area contributed by atoms with Crippen LogP contribution < -0.4 is 9.47 Å². The highest BCUT2D eigenvalue weighted by atomic mass is 35.5. The van der Waals surface area contributed by atoms with E-state index < -0.39 is 23.4 Å². The quantitative estimate of drug-likeness (QED) is 0.220. The van der Waals surface area contributed by atoms with Crippen molar-refractivity contribution >= 4 is 28.6 Å². The summed E-state index contributed by atoms with van der Waals surface area (Å²) < 4.78 is 51.1. The van der Waals surface area contributed by atoms with Gasteiger partial charge < -0.3 is 23.9 Å². The molecule has 43 heavy (non-hydrogen) atoms. The first kappa shape index (κ1) is 27.3. The van der Waals surface area contributed by atoms with Crippen molar-refractivity contribution in [2.24, 2.45) is 0 Å². The Bertz CT molecular complexity index is 1880. The smallest absolute Gasteiger partial charge is 0.335 e. The summed E-state index contributed by atoms with van der Waals surface area (Å²) in [6, 6.07) is 15.6. The molecule has 1 saturated heterocycles. The van der Waals surface area contributed by atoms with E-state index in [2.05, 4.69) is 9.97 Å². The lowest BCUT2D eigenvalue weighted by molar-refractivity contribution is -0.0715. The molecule has 0 saturated carbocycles. The summed E-state index contributed by atoms with van der Waals surface area (Å²) in [5.41, 5.74) is 2.25. The number of carboxylic acid groups (broad SMARTS) is 1. The summed E-state index contributed by atoms with van der Waals surface area (Å²) in [4.78, 5) is 20.5. The lowest BCUT2D eigenvalue weighted by atomic mass is 10.00. The van der Waals surface area contributed by atoms with Gasteiger partial charge in [-0.2, -0.15) is 0 Å². The molecule has 0 spiro atoms. The molecule has 1 N–H and O–H groups in total. The maximum absolute atomic E-state index is 15.7. The summed E-state index contributed by atoms with van der Waals surface area (Å²) in [7, 11) is 0. The van der Waals surface area contributed by atoms with Crippen molar-refractivity contribution in [1.82, 2.24) is 14.5 Å². The number of imidazole rings is 1. The first-order valence-electron chi connectivity index (χ1n) is 13.6. The third kappa shape index (κ3) is 4.86. The first-order chi connectivity index (χ1) is 20.7. The minimum atomic E-state index is -1.26. The molecule has 4 heterocycles. The number of carboxylic acids is 1. The Morgan fingerprint density at radius 2 is 1.91 bits per heavy atom. The number of aromatic nitrogens is 3. The minimum absolute atomic E-state index is 0.0853. The van der Waals surface area contributed by atoms with Crippen molar-refractivity contribution < 1.29 is 32.9 Å². The Morgan fingerprint density at radius 3 is 2.58 bits per heavy atom. The molecule has 8 nitrogen and oxygen atoms in total. The Balaban J connectivity index is 1.23. The molecule has 0 amide bonds. The number of halogens is 3. The third-order valence-electron chi connectivity index (χ3n) is 7.81. The Labute approximate surface area is 249 Å². The van der Waals surface area contributed by atoms with Crippen molar-refractivity contribution in [2.45, 2.75) is 38.2 Å². The van der Waals surface area contributed by atoms with Gasteiger partial charge in [-0.15, -0.1) is 0 Å². The van der Waals surface area contributed by atoms with E-state index in [1.807, 2.05) is 0 Å². The molecular formula is C32H24ClF2N3O5. The van der Waals surface area contributed by atoms with Gasteiger partial charge in [0.2, 0.25) is 0 Å². The zero-order valence-corrected chi connectivity index (χ0v) is 23.6. The zero-order valence-electron chi connectivity index (χ0n) is 22.8. The summed E-state index contributed by atoms with van der Waals surface area (Å²) in [5.74, 6) is -2.68. The highest BCUT2D eigenvalue weighted by Gasteiger charge is 2.41. The molecule has 2 atom stereocenters. The van der Waals surface area contributed by atoms with Crippen LogP contribution in [0.2, 0.25) is 5.02 Å². The van der Waals surface area contributed by atoms with Gasteiger partial charge in [0.15, 0.2) is 11.5 Å². The lowest BCUT2D eigenvalue weighted by Gasteiger charge is -2.27. The molecule has 2 aliphatic rings. The van der Waals surface area contributed by atoms with E-state index in [1.165, 1.54) is 30.5 Å². The van der Waals surface area contributed by atoms with Gasteiger partial charge in [-0.05, 0) is 60.5 Å². The maximum atomic E-state index is 15.7. The van der Waals surface area contributed by atoms with Gasteiger partial charge in [-0.25, -0.2) is 18.6 Å².